The summed E-state index contributed by atoms with van der Waals surface area (Å²) in [5.74, 6) is 0. The lowest BCUT2D eigenvalue weighted by molar-refractivity contribution is 0.144. The summed E-state index contributed by atoms with van der Waals surface area (Å²) >= 11 is 1.93. The number of piperidine rings is 1. The lowest BCUT2D eigenvalue weighted by Gasteiger charge is -2.37. The number of nitrogens with zero attached hydrogens (tertiary/aromatic N) is 1. The van der Waals surface area contributed by atoms with Crippen LogP contribution in [-0.2, 0) is 0 Å². The summed E-state index contributed by atoms with van der Waals surface area (Å²) in [5.41, 5.74) is 0. The molecule has 100 valence electrons. The van der Waals surface area contributed by atoms with Gasteiger partial charge in [0.05, 0.1) is 0 Å². The van der Waals surface area contributed by atoms with Gasteiger partial charge < -0.3 is 10.2 Å². The minimum Gasteiger partial charge on any atom is -0.307 e. The molecule has 2 aliphatic heterocycles. The van der Waals surface area contributed by atoms with Crippen LogP contribution in [-0.4, -0.2) is 30.1 Å². The number of fused-ring (bicyclic) bond motifs is 2. The summed E-state index contributed by atoms with van der Waals surface area (Å²) in [5, 5.41) is 3.85. The van der Waals surface area contributed by atoms with Crippen LogP contribution in [0.15, 0.2) is 12.1 Å². The molecule has 1 N–H and O–H groups in total. The lowest BCUT2D eigenvalue weighted by atomic mass is 9.97. The molecule has 1 aromatic rings. The normalized spacial score (nSPS) is 33.8. The highest BCUT2D eigenvalue weighted by Gasteiger charge is 2.38. The molecule has 0 spiro atoms. The largest absolute Gasteiger partial charge is 0.307 e. The highest BCUT2D eigenvalue weighted by atomic mass is 32.1. The van der Waals surface area contributed by atoms with E-state index in [1.54, 1.807) is 0 Å². The molecule has 3 heterocycles. The van der Waals surface area contributed by atoms with Crippen LogP contribution in [0.4, 0.5) is 0 Å². The van der Waals surface area contributed by atoms with Crippen molar-refractivity contribution in [3.05, 3.63) is 21.9 Å². The van der Waals surface area contributed by atoms with Gasteiger partial charge in [0.25, 0.3) is 0 Å². The van der Waals surface area contributed by atoms with Gasteiger partial charge in [-0.1, -0.05) is 0 Å². The first kappa shape index (κ1) is 12.6. The van der Waals surface area contributed by atoms with E-state index in [1.807, 2.05) is 11.3 Å². The van der Waals surface area contributed by atoms with Crippen LogP contribution in [0.5, 0.6) is 0 Å². The van der Waals surface area contributed by atoms with Crippen LogP contribution in [0.1, 0.15) is 48.4 Å². The Bertz CT molecular complexity index is 400. The third kappa shape index (κ3) is 2.36. The van der Waals surface area contributed by atoms with Crippen molar-refractivity contribution >= 4 is 11.3 Å². The van der Waals surface area contributed by atoms with E-state index in [4.69, 9.17) is 0 Å². The van der Waals surface area contributed by atoms with Gasteiger partial charge in [0.15, 0.2) is 0 Å². The van der Waals surface area contributed by atoms with E-state index in [0.717, 1.165) is 18.1 Å². The molecule has 3 unspecified atom stereocenters. The zero-order valence-electron chi connectivity index (χ0n) is 11.6. The Morgan fingerprint density at radius 1 is 1.28 bits per heavy atom. The fraction of sp³-hybridized carbons (Fsp3) is 0.733. The molecule has 2 fully saturated rings. The maximum Gasteiger partial charge on any atom is 0.0388 e. The quantitative estimate of drug-likeness (QED) is 0.901. The van der Waals surface area contributed by atoms with Gasteiger partial charge >= 0.3 is 0 Å². The standard InChI is InChI=1S/C15H24N2S/c1-10-4-7-15(18-10)11(2)16-12-8-13-5-6-14(9-12)17(13)3/h4,7,11-14,16H,5-6,8-9H2,1-3H3. The first-order chi connectivity index (χ1) is 8.63. The topological polar surface area (TPSA) is 15.3 Å². The Morgan fingerprint density at radius 2 is 1.94 bits per heavy atom. The van der Waals surface area contributed by atoms with E-state index in [0.29, 0.717) is 6.04 Å². The van der Waals surface area contributed by atoms with Crippen molar-refractivity contribution in [3.63, 3.8) is 0 Å². The molecular weight excluding hydrogens is 240 g/mol. The Morgan fingerprint density at radius 3 is 2.50 bits per heavy atom. The molecule has 0 aromatic carbocycles. The first-order valence-electron chi connectivity index (χ1n) is 7.18. The van der Waals surface area contributed by atoms with Gasteiger partial charge in [0, 0.05) is 33.9 Å². The number of nitrogens with one attached hydrogen (secondary N) is 1. The molecular formula is C15H24N2S. The maximum atomic E-state index is 3.85. The molecule has 3 heteroatoms. The first-order valence-corrected chi connectivity index (χ1v) is 7.99. The predicted molar refractivity (Wildman–Crippen MR) is 78.2 cm³/mol. The average molecular weight is 264 g/mol. The second-order valence-corrected chi connectivity index (χ2v) is 7.38. The van der Waals surface area contributed by atoms with Crippen LogP contribution in [0.25, 0.3) is 0 Å². The molecule has 2 nitrogen and oxygen atoms in total. The van der Waals surface area contributed by atoms with E-state index in [-0.39, 0.29) is 0 Å². The van der Waals surface area contributed by atoms with E-state index in [9.17, 15) is 0 Å². The Kier molecular flexibility index (Phi) is 3.48. The van der Waals surface area contributed by atoms with E-state index in [2.05, 4.69) is 43.2 Å². The summed E-state index contributed by atoms with van der Waals surface area (Å²) in [4.78, 5) is 5.51. The van der Waals surface area contributed by atoms with Gasteiger partial charge in [-0.05, 0) is 58.7 Å². The number of thiophene rings is 1. The van der Waals surface area contributed by atoms with E-state index < -0.39 is 0 Å². The molecule has 18 heavy (non-hydrogen) atoms. The summed E-state index contributed by atoms with van der Waals surface area (Å²) in [7, 11) is 2.31. The Hall–Kier alpha value is -0.380. The molecule has 2 aliphatic rings. The third-order valence-electron chi connectivity index (χ3n) is 4.77. The molecule has 0 amide bonds. The Balaban J connectivity index is 1.61. The molecule has 2 bridgehead atoms. The second-order valence-electron chi connectivity index (χ2n) is 6.06. The minimum atomic E-state index is 0.511. The molecule has 2 saturated heterocycles. The van der Waals surface area contributed by atoms with Crippen LogP contribution < -0.4 is 5.32 Å². The number of aryl methyl sites for hydroxylation is 1. The third-order valence-corrected chi connectivity index (χ3v) is 5.96. The number of hydrogen-bond acceptors (Lipinski definition) is 3. The van der Waals surface area contributed by atoms with Crippen molar-refractivity contribution < 1.29 is 0 Å². The molecule has 3 atom stereocenters. The van der Waals surface area contributed by atoms with Crippen molar-refractivity contribution in [2.75, 3.05) is 7.05 Å². The van der Waals surface area contributed by atoms with Crippen molar-refractivity contribution in [1.82, 2.24) is 10.2 Å². The van der Waals surface area contributed by atoms with Gasteiger partial charge in [-0.2, -0.15) is 0 Å². The monoisotopic (exact) mass is 264 g/mol. The van der Waals surface area contributed by atoms with Gasteiger partial charge in [-0.25, -0.2) is 0 Å². The molecule has 0 aliphatic carbocycles. The fourth-order valence-electron chi connectivity index (χ4n) is 3.67. The highest BCUT2D eigenvalue weighted by molar-refractivity contribution is 7.12. The van der Waals surface area contributed by atoms with Crippen molar-refractivity contribution in [3.8, 4) is 0 Å². The predicted octanol–water partition coefficient (Wildman–Crippen LogP) is 3.33. The second kappa shape index (κ2) is 4.95. The van der Waals surface area contributed by atoms with Crippen LogP contribution >= 0.6 is 11.3 Å². The SMILES string of the molecule is Cc1ccc(C(C)NC2CC3CCC(C2)N3C)s1. The van der Waals surface area contributed by atoms with Gasteiger partial charge in [0.1, 0.15) is 0 Å². The number of hydrogen-bond donors (Lipinski definition) is 1. The smallest absolute Gasteiger partial charge is 0.0388 e. The summed E-state index contributed by atoms with van der Waals surface area (Å²) in [6.07, 6.45) is 5.49. The van der Waals surface area contributed by atoms with E-state index >= 15 is 0 Å². The van der Waals surface area contributed by atoms with Gasteiger partial charge in [0.2, 0.25) is 0 Å². The van der Waals surface area contributed by atoms with Gasteiger partial charge in [-0.3, -0.25) is 0 Å². The maximum absolute atomic E-state index is 3.85. The number of rotatable bonds is 3. The van der Waals surface area contributed by atoms with Crippen molar-refractivity contribution in [1.29, 1.82) is 0 Å². The lowest BCUT2D eigenvalue weighted by Crippen LogP contribution is -2.47. The molecule has 1 aromatic heterocycles. The summed E-state index contributed by atoms with van der Waals surface area (Å²) < 4.78 is 0. The Labute approximate surface area is 114 Å². The fourth-order valence-corrected chi connectivity index (χ4v) is 4.56. The zero-order chi connectivity index (χ0) is 12.7. The molecule has 3 rings (SSSR count). The van der Waals surface area contributed by atoms with Crippen molar-refractivity contribution in [2.24, 2.45) is 0 Å². The minimum absolute atomic E-state index is 0.511. The van der Waals surface area contributed by atoms with Gasteiger partial charge in [-0.15, -0.1) is 11.3 Å². The van der Waals surface area contributed by atoms with E-state index in [1.165, 1.54) is 35.4 Å². The van der Waals surface area contributed by atoms with Crippen LogP contribution in [0, 0.1) is 6.92 Å². The summed E-state index contributed by atoms with van der Waals surface area (Å²) in [6, 6.07) is 7.40. The zero-order valence-corrected chi connectivity index (χ0v) is 12.5. The highest BCUT2D eigenvalue weighted by Crippen LogP contribution is 2.35. The molecule has 0 saturated carbocycles. The average Bonchev–Trinajstić information content (AvgIpc) is 2.82. The van der Waals surface area contributed by atoms with Crippen LogP contribution in [0.3, 0.4) is 0 Å². The summed E-state index contributed by atoms with van der Waals surface area (Å²) in [6.45, 7) is 4.50. The molecule has 0 radical (unpaired) electrons. The van der Waals surface area contributed by atoms with Crippen molar-refractivity contribution in [2.45, 2.75) is 63.7 Å². The van der Waals surface area contributed by atoms with Crippen LogP contribution in [0.2, 0.25) is 0 Å².